The van der Waals surface area contributed by atoms with Gasteiger partial charge in [-0.25, -0.2) is 4.79 Å². The van der Waals surface area contributed by atoms with Gasteiger partial charge in [0.05, 0.1) is 6.04 Å². The van der Waals surface area contributed by atoms with Crippen LogP contribution in [0, 0.1) is 0 Å². The molecular formula is C15H21N3O2S. The van der Waals surface area contributed by atoms with Gasteiger partial charge in [0.2, 0.25) is 5.91 Å². The standard InChI is InChI=1S/C15H21N3O2S/c19-14-12(4-1-2-7-16-14)17-15(20)18-8-3-5-13(18)11-6-9-21-10-11/h6,9-10,12-13H,1-5,7-8H2,(H,16,19)(H,17,20)/t12-,13+/m0/s1. The maximum Gasteiger partial charge on any atom is 0.318 e. The number of rotatable bonds is 2. The lowest BCUT2D eigenvalue weighted by atomic mass is 10.1. The normalized spacial score (nSPS) is 26.3. The van der Waals surface area contributed by atoms with Crippen molar-refractivity contribution in [3.63, 3.8) is 0 Å². The number of amides is 3. The summed E-state index contributed by atoms with van der Waals surface area (Å²) in [5, 5.41) is 9.93. The molecule has 2 aliphatic heterocycles. The third kappa shape index (κ3) is 3.20. The minimum absolute atomic E-state index is 0.0490. The summed E-state index contributed by atoms with van der Waals surface area (Å²) in [6.07, 6.45) is 4.71. The molecule has 2 atom stereocenters. The van der Waals surface area contributed by atoms with Crippen molar-refractivity contribution in [2.24, 2.45) is 0 Å². The van der Waals surface area contributed by atoms with E-state index in [1.807, 2.05) is 10.3 Å². The lowest BCUT2D eigenvalue weighted by Crippen LogP contribution is -2.50. The first-order chi connectivity index (χ1) is 10.3. The summed E-state index contributed by atoms with van der Waals surface area (Å²) in [6, 6.07) is 1.75. The lowest BCUT2D eigenvalue weighted by molar-refractivity contribution is -0.122. The molecule has 21 heavy (non-hydrogen) atoms. The summed E-state index contributed by atoms with van der Waals surface area (Å²) < 4.78 is 0. The summed E-state index contributed by atoms with van der Waals surface area (Å²) in [5.41, 5.74) is 1.21. The maximum absolute atomic E-state index is 12.5. The Morgan fingerprint density at radius 1 is 1.33 bits per heavy atom. The Morgan fingerprint density at radius 3 is 3.05 bits per heavy atom. The fourth-order valence-corrected chi connectivity index (χ4v) is 3.84. The Labute approximate surface area is 128 Å². The molecule has 0 spiro atoms. The first-order valence-corrected chi connectivity index (χ1v) is 8.57. The second kappa shape index (κ2) is 6.47. The van der Waals surface area contributed by atoms with Gasteiger partial charge < -0.3 is 15.5 Å². The number of carbonyl (C=O) groups is 2. The molecule has 114 valence electrons. The van der Waals surface area contributed by atoms with Crippen molar-refractivity contribution < 1.29 is 9.59 Å². The SMILES string of the molecule is O=C1NCCCC[C@@H]1NC(=O)N1CCC[C@@H]1c1ccsc1. The molecule has 2 saturated heterocycles. The zero-order valence-electron chi connectivity index (χ0n) is 12.0. The van der Waals surface area contributed by atoms with Gasteiger partial charge in [-0.05, 0) is 54.5 Å². The van der Waals surface area contributed by atoms with Crippen molar-refractivity contribution in [1.82, 2.24) is 15.5 Å². The lowest BCUT2D eigenvalue weighted by Gasteiger charge is -2.26. The minimum atomic E-state index is -0.385. The molecule has 0 aromatic carbocycles. The number of nitrogens with zero attached hydrogens (tertiary/aromatic N) is 1. The second-order valence-corrected chi connectivity index (χ2v) is 6.48. The molecule has 3 heterocycles. The van der Waals surface area contributed by atoms with Crippen LogP contribution in [0.2, 0.25) is 0 Å². The van der Waals surface area contributed by atoms with E-state index in [1.165, 1.54) is 5.56 Å². The molecule has 0 saturated carbocycles. The molecular weight excluding hydrogens is 286 g/mol. The molecule has 2 aliphatic rings. The van der Waals surface area contributed by atoms with E-state index in [4.69, 9.17) is 0 Å². The van der Waals surface area contributed by atoms with Gasteiger partial charge in [-0.1, -0.05) is 0 Å². The largest absolute Gasteiger partial charge is 0.354 e. The predicted molar refractivity (Wildman–Crippen MR) is 82.2 cm³/mol. The maximum atomic E-state index is 12.5. The second-order valence-electron chi connectivity index (χ2n) is 5.70. The highest BCUT2D eigenvalue weighted by molar-refractivity contribution is 7.07. The zero-order chi connectivity index (χ0) is 14.7. The predicted octanol–water partition coefficient (Wildman–Crippen LogP) is 2.26. The molecule has 1 aromatic rings. The highest BCUT2D eigenvalue weighted by atomic mass is 32.1. The number of nitrogens with one attached hydrogen (secondary N) is 2. The Bertz CT molecular complexity index is 503. The van der Waals surface area contributed by atoms with Gasteiger partial charge in [-0.2, -0.15) is 11.3 Å². The van der Waals surface area contributed by atoms with Crippen LogP contribution < -0.4 is 10.6 Å². The van der Waals surface area contributed by atoms with Crippen LogP contribution in [0.15, 0.2) is 16.8 Å². The number of hydrogen-bond acceptors (Lipinski definition) is 3. The molecule has 0 unspecified atom stereocenters. The van der Waals surface area contributed by atoms with E-state index in [-0.39, 0.29) is 24.0 Å². The Morgan fingerprint density at radius 2 is 2.24 bits per heavy atom. The zero-order valence-corrected chi connectivity index (χ0v) is 12.8. The number of likely N-dealkylation sites (tertiary alicyclic amines) is 1. The summed E-state index contributed by atoms with van der Waals surface area (Å²) in [6.45, 7) is 1.48. The molecule has 3 amide bonds. The van der Waals surface area contributed by atoms with E-state index in [9.17, 15) is 9.59 Å². The fraction of sp³-hybridized carbons (Fsp3) is 0.600. The molecule has 5 nitrogen and oxygen atoms in total. The van der Waals surface area contributed by atoms with Crippen LogP contribution in [0.4, 0.5) is 4.79 Å². The first kappa shape index (κ1) is 14.4. The summed E-state index contributed by atoms with van der Waals surface area (Å²) in [5.74, 6) is -0.0490. The van der Waals surface area contributed by atoms with E-state index in [0.717, 1.165) is 38.6 Å². The topological polar surface area (TPSA) is 61.4 Å². The highest BCUT2D eigenvalue weighted by Crippen LogP contribution is 2.33. The molecule has 0 aliphatic carbocycles. The number of thiophene rings is 1. The van der Waals surface area contributed by atoms with Gasteiger partial charge in [-0.3, -0.25) is 4.79 Å². The van der Waals surface area contributed by atoms with Gasteiger partial charge in [0, 0.05) is 13.1 Å². The minimum Gasteiger partial charge on any atom is -0.354 e. The van der Waals surface area contributed by atoms with Crippen molar-refractivity contribution >= 4 is 23.3 Å². The number of hydrogen-bond donors (Lipinski definition) is 2. The van der Waals surface area contributed by atoms with Crippen molar-refractivity contribution in [2.75, 3.05) is 13.1 Å². The van der Waals surface area contributed by atoms with Crippen LogP contribution in [-0.2, 0) is 4.79 Å². The molecule has 2 N–H and O–H groups in total. The molecule has 3 rings (SSSR count). The number of carbonyl (C=O) groups excluding carboxylic acids is 2. The summed E-state index contributed by atoms with van der Waals surface area (Å²) in [7, 11) is 0. The van der Waals surface area contributed by atoms with Crippen LogP contribution in [0.25, 0.3) is 0 Å². The Kier molecular flexibility index (Phi) is 4.43. The molecule has 2 fully saturated rings. The van der Waals surface area contributed by atoms with Crippen LogP contribution in [-0.4, -0.2) is 36.0 Å². The Hall–Kier alpha value is -1.56. The van der Waals surface area contributed by atoms with Gasteiger partial charge in [-0.15, -0.1) is 0 Å². The number of urea groups is 1. The summed E-state index contributed by atoms with van der Waals surface area (Å²) in [4.78, 5) is 26.3. The third-order valence-electron chi connectivity index (χ3n) is 4.27. The average molecular weight is 307 g/mol. The fourth-order valence-electron chi connectivity index (χ4n) is 3.13. The first-order valence-electron chi connectivity index (χ1n) is 7.62. The van der Waals surface area contributed by atoms with Crippen LogP contribution in [0.5, 0.6) is 0 Å². The van der Waals surface area contributed by atoms with Crippen LogP contribution in [0.3, 0.4) is 0 Å². The van der Waals surface area contributed by atoms with E-state index in [2.05, 4.69) is 22.1 Å². The van der Waals surface area contributed by atoms with E-state index in [0.29, 0.717) is 6.54 Å². The third-order valence-corrected chi connectivity index (χ3v) is 4.98. The van der Waals surface area contributed by atoms with Gasteiger partial charge >= 0.3 is 6.03 Å². The molecule has 0 bridgehead atoms. The quantitative estimate of drug-likeness (QED) is 0.880. The van der Waals surface area contributed by atoms with Gasteiger partial charge in [0.25, 0.3) is 0 Å². The molecule has 0 radical (unpaired) electrons. The van der Waals surface area contributed by atoms with E-state index < -0.39 is 0 Å². The van der Waals surface area contributed by atoms with E-state index in [1.54, 1.807) is 11.3 Å². The average Bonchev–Trinajstić information content (AvgIpc) is 3.12. The van der Waals surface area contributed by atoms with Gasteiger partial charge in [0.15, 0.2) is 0 Å². The molecule has 1 aromatic heterocycles. The van der Waals surface area contributed by atoms with E-state index >= 15 is 0 Å². The van der Waals surface area contributed by atoms with Gasteiger partial charge in [0.1, 0.15) is 6.04 Å². The van der Waals surface area contributed by atoms with Crippen molar-refractivity contribution in [2.45, 2.75) is 44.2 Å². The van der Waals surface area contributed by atoms with Crippen molar-refractivity contribution in [3.05, 3.63) is 22.4 Å². The molecule has 6 heteroatoms. The monoisotopic (exact) mass is 307 g/mol. The van der Waals surface area contributed by atoms with Crippen molar-refractivity contribution in [3.8, 4) is 0 Å². The smallest absolute Gasteiger partial charge is 0.318 e. The Balaban J connectivity index is 1.65. The highest BCUT2D eigenvalue weighted by Gasteiger charge is 2.32. The van der Waals surface area contributed by atoms with Crippen LogP contribution >= 0.6 is 11.3 Å². The van der Waals surface area contributed by atoms with Crippen LogP contribution in [0.1, 0.15) is 43.7 Å². The van der Waals surface area contributed by atoms with Crippen molar-refractivity contribution in [1.29, 1.82) is 0 Å². The summed E-state index contributed by atoms with van der Waals surface area (Å²) >= 11 is 1.66.